The van der Waals surface area contributed by atoms with Crippen molar-refractivity contribution < 1.29 is 9.47 Å². The highest BCUT2D eigenvalue weighted by Crippen LogP contribution is 2.18. The lowest BCUT2D eigenvalue weighted by Gasteiger charge is -2.12. The molecule has 2 aromatic carbocycles. The molecule has 4 nitrogen and oxygen atoms in total. The lowest BCUT2D eigenvalue weighted by atomic mass is 10.0. The monoisotopic (exact) mass is 284 g/mol. The second kappa shape index (κ2) is 6.79. The second-order valence-corrected chi connectivity index (χ2v) is 4.75. The normalized spacial score (nSPS) is 9.90. The summed E-state index contributed by atoms with van der Waals surface area (Å²) in [5.74, 6) is 1.66. The molecule has 110 valence electrons. The first kappa shape index (κ1) is 14.9. The zero-order valence-corrected chi connectivity index (χ0v) is 12.8. The van der Waals surface area contributed by atoms with Crippen LogP contribution in [0.15, 0.2) is 53.6 Å². The minimum atomic E-state index is 0.831. The van der Waals surface area contributed by atoms with Crippen molar-refractivity contribution in [3.8, 4) is 11.5 Å². The van der Waals surface area contributed by atoms with E-state index < -0.39 is 0 Å². The van der Waals surface area contributed by atoms with Gasteiger partial charge in [0.05, 0.1) is 19.9 Å². The van der Waals surface area contributed by atoms with E-state index in [0.29, 0.717) is 0 Å². The molecule has 0 saturated heterocycles. The first-order valence-electron chi connectivity index (χ1n) is 6.69. The van der Waals surface area contributed by atoms with Crippen molar-refractivity contribution in [2.75, 3.05) is 28.3 Å². The molecule has 0 heterocycles. The van der Waals surface area contributed by atoms with Crippen LogP contribution >= 0.6 is 0 Å². The molecule has 0 bridgehead atoms. The van der Waals surface area contributed by atoms with E-state index in [1.54, 1.807) is 19.2 Å². The molecule has 0 aliphatic rings. The number of ether oxygens (including phenoxy) is 2. The van der Waals surface area contributed by atoms with Gasteiger partial charge in [0, 0.05) is 25.2 Å². The Morgan fingerprint density at radius 2 is 1.14 bits per heavy atom. The summed E-state index contributed by atoms with van der Waals surface area (Å²) in [5.41, 5.74) is 2.98. The van der Waals surface area contributed by atoms with E-state index in [-0.39, 0.29) is 0 Å². The Bertz CT molecular complexity index is 552. The molecule has 0 N–H and O–H groups in total. The third-order valence-electron chi connectivity index (χ3n) is 3.03. The molecule has 0 radical (unpaired) electrons. The molecule has 0 unspecified atom stereocenters. The summed E-state index contributed by atoms with van der Waals surface area (Å²) in [4.78, 5) is 0. The number of nitrogens with zero attached hydrogens (tertiary/aromatic N) is 2. The fourth-order valence-corrected chi connectivity index (χ4v) is 1.98. The van der Waals surface area contributed by atoms with Gasteiger partial charge in [0.25, 0.3) is 0 Å². The van der Waals surface area contributed by atoms with Gasteiger partial charge in [-0.25, -0.2) is 0 Å². The van der Waals surface area contributed by atoms with Crippen LogP contribution in [0.3, 0.4) is 0 Å². The summed E-state index contributed by atoms with van der Waals surface area (Å²) in [6.07, 6.45) is 0. The van der Waals surface area contributed by atoms with Gasteiger partial charge in [-0.1, -0.05) is 0 Å². The van der Waals surface area contributed by atoms with Crippen LogP contribution in [0.1, 0.15) is 11.1 Å². The Balaban J connectivity index is 2.41. The number of hydrogen-bond donors (Lipinski definition) is 0. The zero-order chi connectivity index (χ0) is 15.2. The maximum absolute atomic E-state index is 5.20. The van der Waals surface area contributed by atoms with Crippen LogP contribution < -0.4 is 9.47 Å². The van der Waals surface area contributed by atoms with Crippen molar-refractivity contribution in [1.82, 2.24) is 5.01 Å². The molecular formula is C17H20N2O2. The van der Waals surface area contributed by atoms with Gasteiger partial charge in [0.1, 0.15) is 11.5 Å². The molecule has 2 rings (SSSR count). The standard InChI is InChI=1S/C17H20N2O2/c1-19(2)18-17(13-5-9-15(20-3)10-6-13)14-7-11-16(21-4)12-8-14/h5-12H,1-4H3. The summed E-state index contributed by atoms with van der Waals surface area (Å²) in [6.45, 7) is 0. The summed E-state index contributed by atoms with van der Waals surface area (Å²) in [5, 5.41) is 6.39. The van der Waals surface area contributed by atoms with Gasteiger partial charge >= 0.3 is 0 Å². The molecule has 4 heteroatoms. The van der Waals surface area contributed by atoms with E-state index in [1.165, 1.54) is 0 Å². The molecule has 0 aliphatic carbocycles. The predicted octanol–water partition coefficient (Wildman–Crippen LogP) is 3.02. The highest BCUT2D eigenvalue weighted by Gasteiger charge is 2.08. The molecule has 0 fully saturated rings. The van der Waals surface area contributed by atoms with Gasteiger partial charge in [-0.15, -0.1) is 0 Å². The maximum atomic E-state index is 5.20. The number of rotatable bonds is 5. The molecule has 21 heavy (non-hydrogen) atoms. The van der Waals surface area contributed by atoms with Crippen LogP contribution in [0.4, 0.5) is 0 Å². The number of hydrogen-bond acceptors (Lipinski definition) is 4. The Morgan fingerprint density at radius 3 is 1.43 bits per heavy atom. The van der Waals surface area contributed by atoms with Crippen molar-refractivity contribution in [1.29, 1.82) is 0 Å². The van der Waals surface area contributed by atoms with Gasteiger partial charge in [-0.05, 0) is 48.5 Å². The molecule has 0 spiro atoms. The number of benzene rings is 2. The quantitative estimate of drug-likeness (QED) is 0.625. The SMILES string of the molecule is COc1ccc(C(=NN(C)C)c2ccc(OC)cc2)cc1. The molecule has 0 amide bonds. The zero-order valence-electron chi connectivity index (χ0n) is 12.8. The van der Waals surface area contributed by atoms with Gasteiger partial charge in [-0.3, -0.25) is 0 Å². The summed E-state index contributed by atoms with van der Waals surface area (Å²) in [7, 11) is 7.14. The summed E-state index contributed by atoms with van der Waals surface area (Å²) in [6, 6.07) is 15.8. The first-order chi connectivity index (χ1) is 10.1. The highest BCUT2D eigenvalue weighted by atomic mass is 16.5. The lowest BCUT2D eigenvalue weighted by molar-refractivity contribution is 0.414. The largest absolute Gasteiger partial charge is 0.497 e. The second-order valence-electron chi connectivity index (χ2n) is 4.75. The Kier molecular flexibility index (Phi) is 4.82. The minimum Gasteiger partial charge on any atom is -0.497 e. The Labute approximate surface area is 125 Å². The number of methoxy groups -OCH3 is 2. The third kappa shape index (κ3) is 3.75. The summed E-state index contributed by atoms with van der Waals surface area (Å²) < 4.78 is 10.4. The average molecular weight is 284 g/mol. The van der Waals surface area contributed by atoms with Crippen LogP contribution in [0.25, 0.3) is 0 Å². The summed E-state index contributed by atoms with van der Waals surface area (Å²) >= 11 is 0. The van der Waals surface area contributed by atoms with Gasteiger partial charge in [0.2, 0.25) is 0 Å². The smallest absolute Gasteiger partial charge is 0.118 e. The van der Waals surface area contributed by atoms with E-state index >= 15 is 0 Å². The molecule has 0 saturated carbocycles. The van der Waals surface area contributed by atoms with Crippen LogP contribution in [0.2, 0.25) is 0 Å². The van der Waals surface area contributed by atoms with Crippen LogP contribution in [0, 0.1) is 0 Å². The molecular weight excluding hydrogens is 264 g/mol. The maximum Gasteiger partial charge on any atom is 0.118 e. The molecule has 0 aromatic heterocycles. The highest BCUT2D eigenvalue weighted by molar-refractivity contribution is 6.12. The van der Waals surface area contributed by atoms with Gasteiger partial charge < -0.3 is 14.5 Å². The third-order valence-corrected chi connectivity index (χ3v) is 3.03. The van der Waals surface area contributed by atoms with Crippen molar-refractivity contribution in [2.24, 2.45) is 5.10 Å². The molecule has 0 atom stereocenters. The Morgan fingerprint density at radius 1 is 0.762 bits per heavy atom. The van der Waals surface area contributed by atoms with E-state index in [4.69, 9.17) is 9.47 Å². The molecule has 2 aromatic rings. The van der Waals surface area contributed by atoms with Gasteiger partial charge in [-0.2, -0.15) is 5.10 Å². The lowest BCUT2D eigenvalue weighted by Crippen LogP contribution is -2.11. The predicted molar refractivity (Wildman–Crippen MR) is 85.3 cm³/mol. The van der Waals surface area contributed by atoms with E-state index in [9.17, 15) is 0 Å². The van der Waals surface area contributed by atoms with Crippen molar-refractivity contribution in [3.05, 3.63) is 59.7 Å². The number of hydrazone groups is 1. The first-order valence-corrected chi connectivity index (χ1v) is 6.69. The van der Waals surface area contributed by atoms with E-state index in [1.807, 2.05) is 62.6 Å². The van der Waals surface area contributed by atoms with Crippen LogP contribution in [-0.2, 0) is 0 Å². The van der Waals surface area contributed by atoms with E-state index in [2.05, 4.69) is 5.10 Å². The fourth-order valence-electron chi connectivity index (χ4n) is 1.98. The van der Waals surface area contributed by atoms with Crippen LogP contribution in [-0.4, -0.2) is 39.0 Å². The average Bonchev–Trinajstić information content (AvgIpc) is 2.53. The topological polar surface area (TPSA) is 34.1 Å². The van der Waals surface area contributed by atoms with Gasteiger partial charge in [0.15, 0.2) is 0 Å². The van der Waals surface area contributed by atoms with Crippen molar-refractivity contribution >= 4 is 5.71 Å². The van der Waals surface area contributed by atoms with Crippen molar-refractivity contribution in [2.45, 2.75) is 0 Å². The fraction of sp³-hybridized carbons (Fsp3) is 0.235. The van der Waals surface area contributed by atoms with E-state index in [0.717, 1.165) is 28.3 Å². The Hall–Kier alpha value is -2.49. The van der Waals surface area contributed by atoms with Crippen molar-refractivity contribution in [3.63, 3.8) is 0 Å². The molecule has 0 aliphatic heterocycles. The van der Waals surface area contributed by atoms with Crippen LogP contribution in [0.5, 0.6) is 11.5 Å². The minimum absolute atomic E-state index is 0.831.